The van der Waals surface area contributed by atoms with E-state index in [0.717, 1.165) is 25.7 Å². The fraction of sp³-hybridized carbons (Fsp3) is 0.643. The van der Waals surface area contributed by atoms with Gasteiger partial charge < -0.3 is 4.98 Å². The van der Waals surface area contributed by atoms with Gasteiger partial charge in [-0.25, -0.2) is 13.1 Å². The third kappa shape index (κ3) is 5.46. The van der Waals surface area contributed by atoms with Crippen LogP contribution in [0.4, 0.5) is 0 Å². The Morgan fingerprint density at radius 2 is 1.95 bits per heavy atom. The Morgan fingerprint density at radius 3 is 2.50 bits per heavy atom. The topological polar surface area (TPSA) is 79.0 Å². The molecule has 0 bridgehead atoms. The molecule has 0 saturated heterocycles. The second-order valence-corrected chi connectivity index (χ2v) is 7.60. The molecule has 2 N–H and O–H groups in total. The Bertz CT molecular complexity index is 556. The smallest absolute Gasteiger partial charge is 0.247 e. The number of nitrogens with one attached hydrogen (secondary N) is 2. The van der Waals surface area contributed by atoms with Gasteiger partial charge in [-0.3, -0.25) is 4.79 Å². The lowest BCUT2D eigenvalue weighted by atomic mass is 9.87. The summed E-state index contributed by atoms with van der Waals surface area (Å²) in [5.41, 5.74) is -0.395. The van der Waals surface area contributed by atoms with Gasteiger partial charge in [0, 0.05) is 18.8 Å². The number of hydrogen-bond acceptors (Lipinski definition) is 3. The predicted octanol–water partition coefficient (Wildman–Crippen LogP) is 2.26. The van der Waals surface area contributed by atoms with Crippen molar-refractivity contribution in [2.45, 2.75) is 51.3 Å². The minimum Gasteiger partial charge on any atom is -0.328 e. The molecule has 0 amide bonds. The van der Waals surface area contributed by atoms with Gasteiger partial charge in [0.1, 0.15) is 0 Å². The van der Waals surface area contributed by atoms with Crippen LogP contribution in [-0.2, 0) is 10.0 Å². The van der Waals surface area contributed by atoms with Crippen LogP contribution in [0.1, 0.15) is 46.5 Å². The zero-order valence-corrected chi connectivity index (χ0v) is 13.2. The SMILES string of the molecule is CCCCCC(C)(C)CNS(=O)(=O)c1ccc(=O)[nH]c1. The van der Waals surface area contributed by atoms with E-state index in [1.54, 1.807) is 0 Å². The van der Waals surface area contributed by atoms with Gasteiger partial charge in [0.2, 0.25) is 15.6 Å². The molecule has 6 heteroatoms. The average Bonchev–Trinajstić information content (AvgIpc) is 2.37. The van der Waals surface area contributed by atoms with Crippen LogP contribution in [0.15, 0.2) is 28.0 Å². The molecule has 0 aromatic carbocycles. The first kappa shape index (κ1) is 16.9. The normalized spacial score (nSPS) is 12.6. The van der Waals surface area contributed by atoms with E-state index in [1.807, 2.05) is 0 Å². The molecule has 0 saturated carbocycles. The molecule has 114 valence electrons. The first-order valence-corrected chi connectivity index (χ1v) is 8.43. The molecule has 5 nitrogen and oxygen atoms in total. The Kier molecular flexibility index (Phi) is 5.95. The molecule has 1 aromatic rings. The maximum absolute atomic E-state index is 12.1. The Hall–Kier alpha value is -1.14. The summed E-state index contributed by atoms with van der Waals surface area (Å²) >= 11 is 0. The molecule has 0 unspecified atom stereocenters. The monoisotopic (exact) mass is 300 g/mol. The summed E-state index contributed by atoms with van der Waals surface area (Å²) in [6.07, 6.45) is 5.61. The van der Waals surface area contributed by atoms with E-state index < -0.39 is 10.0 Å². The first-order chi connectivity index (χ1) is 9.27. The van der Waals surface area contributed by atoms with Crippen LogP contribution in [0.25, 0.3) is 0 Å². The molecular formula is C14H24N2O3S. The van der Waals surface area contributed by atoms with Crippen molar-refractivity contribution in [2.75, 3.05) is 6.54 Å². The van der Waals surface area contributed by atoms with E-state index >= 15 is 0 Å². The molecule has 1 rings (SSSR count). The van der Waals surface area contributed by atoms with E-state index in [-0.39, 0.29) is 15.9 Å². The third-order valence-electron chi connectivity index (χ3n) is 3.26. The Morgan fingerprint density at radius 1 is 1.25 bits per heavy atom. The van der Waals surface area contributed by atoms with Gasteiger partial charge in [-0.15, -0.1) is 0 Å². The van der Waals surface area contributed by atoms with Crippen LogP contribution in [0.2, 0.25) is 0 Å². The molecule has 0 spiro atoms. The van der Waals surface area contributed by atoms with Gasteiger partial charge in [0.15, 0.2) is 0 Å². The lowest BCUT2D eigenvalue weighted by molar-refractivity contribution is 0.320. The molecular weight excluding hydrogens is 276 g/mol. The summed E-state index contributed by atoms with van der Waals surface area (Å²) in [6, 6.07) is 2.52. The van der Waals surface area contributed by atoms with E-state index in [1.165, 1.54) is 18.3 Å². The summed E-state index contributed by atoms with van der Waals surface area (Å²) in [6.45, 7) is 6.64. The first-order valence-electron chi connectivity index (χ1n) is 6.95. The molecule has 1 aromatic heterocycles. The predicted molar refractivity (Wildman–Crippen MR) is 80.2 cm³/mol. The highest BCUT2D eigenvalue weighted by molar-refractivity contribution is 7.89. The van der Waals surface area contributed by atoms with E-state index in [0.29, 0.717) is 6.54 Å². The van der Waals surface area contributed by atoms with Crippen molar-refractivity contribution in [1.82, 2.24) is 9.71 Å². The number of rotatable bonds is 8. The minimum atomic E-state index is -3.56. The third-order valence-corrected chi connectivity index (χ3v) is 4.66. The molecule has 0 aliphatic carbocycles. The standard InChI is InChI=1S/C14H24N2O3S/c1-4-5-6-9-14(2,3)11-16-20(18,19)12-7-8-13(17)15-10-12/h7-8,10,16H,4-6,9,11H2,1-3H3,(H,15,17). The van der Waals surface area contributed by atoms with Gasteiger partial charge in [-0.2, -0.15) is 0 Å². The average molecular weight is 300 g/mol. The zero-order valence-electron chi connectivity index (χ0n) is 12.4. The molecule has 20 heavy (non-hydrogen) atoms. The van der Waals surface area contributed by atoms with Crippen LogP contribution in [0.5, 0.6) is 0 Å². The maximum Gasteiger partial charge on any atom is 0.247 e. The van der Waals surface area contributed by atoms with Crippen LogP contribution in [0.3, 0.4) is 0 Å². The van der Waals surface area contributed by atoms with Crippen molar-refractivity contribution in [1.29, 1.82) is 0 Å². The van der Waals surface area contributed by atoms with Gasteiger partial charge in [0.05, 0.1) is 4.90 Å². The second kappa shape index (κ2) is 7.04. The van der Waals surface area contributed by atoms with Crippen molar-refractivity contribution in [3.63, 3.8) is 0 Å². The molecule has 0 fully saturated rings. The van der Waals surface area contributed by atoms with Crippen molar-refractivity contribution in [3.8, 4) is 0 Å². The highest BCUT2D eigenvalue weighted by Crippen LogP contribution is 2.23. The van der Waals surface area contributed by atoms with Crippen LogP contribution in [-0.4, -0.2) is 19.9 Å². The Labute approximate surface area is 120 Å². The van der Waals surface area contributed by atoms with Gasteiger partial charge in [0.25, 0.3) is 0 Å². The zero-order chi connectivity index (χ0) is 15.2. The quantitative estimate of drug-likeness (QED) is 0.723. The van der Waals surface area contributed by atoms with Crippen LogP contribution in [0, 0.1) is 5.41 Å². The van der Waals surface area contributed by atoms with Gasteiger partial charge in [-0.1, -0.05) is 40.0 Å². The fourth-order valence-corrected chi connectivity index (χ4v) is 3.09. The maximum atomic E-state index is 12.1. The van der Waals surface area contributed by atoms with E-state index in [2.05, 4.69) is 30.5 Å². The van der Waals surface area contributed by atoms with Crippen molar-refractivity contribution in [3.05, 3.63) is 28.7 Å². The van der Waals surface area contributed by atoms with Crippen molar-refractivity contribution in [2.24, 2.45) is 5.41 Å². The number of pyridine rings is 1. The Balaban J connectivity index is 2.63. The molecule has 0 radical (unpaired) electrons. The summed E-state index contributed by atoms with van der Waals surface area (Å²) < 4.78 is 26.8. The summed E-state index contributed by atoms with van der Waals surface area (Å²) in [5.74, 6) is 0. The fourth-order valence-electron chi connectivity index (χ4n) is 1.88. The number of unbranched alkanes of at least 4 members (excludes halogenated alkanes) is 2. The highest BCUT2D eigenvalue weighted by Gasteiger charge is 2.22. The van der Waals surface area contributed by atoms with Crippen LogP contribution < -0.4 is 10.3 Å². The highest BCUT2D eigenvalue weighted by atomic mass is 32.2. The summed E-state index contributed by atoms with van der Waals surface area (Å²) in [7, 11) is -3.56. The number of sulfonamides is 1. The van der Waals surface area contributed by atoms with Crippen molar-refractivity contribution < 1.29 is 8.42 Å². The number of hydrogen-bond donors (Lipinski definition) is 2. The summed E-state index contributed by atoms with van der Waals surface area (Å²) in [4.78, 5) is 13.4. The number of aromatic amines is 1. The van der Waals surface area contributed by atoms with Crippen molar-refractivity contribution >= 4 is 10.0 Å². The van der Waals surface area contributed by atoms with Crippen LogP contribution >= 0.6 is 0 Å². The molecule has 1 heterocycles. The summed E-state index contributed by atoms with van der Waals surface area (Å²) in [5, 5.41) is 0. The minimum absolute atomic E-state index is 0.0789. The lowest BCUT2D eigenvalue weighted by Crippen LogP contribution is -2.34. The number of H-pyrrole nitrogens is 1. The van der Waals surface area contributed by atoms with E-state index in [4.69, 9.17) is 0 Å². The molecule has 0 aliphatic rings. The van der Waals surface area contributed by atoms with Gasteiger partial charge in [-0.05, 0) is 17.9 Å². The van der Waals surface area contributed by atoms with Gasteiger partial charge >= 0.3 is 0 Å². The lowest BCUT2D eigenvalue weighted by Gasteiger charge is -2.24. The molecule has 0 atom stereocenters. The molecule has 0 aliphatic heterocycles. The van der Waals surface area contributed by atoms with E-state index in [9.17, 15) is 13.2 Å². The number of aromatic nitrogens is 1. The largest absolute Gasteiger partial charge is 0.328 e. The second-order valence-electron chi connectivity index (χ2n) is 5.83.